The summed E-state index contributed by atoms with van der Waals surface area (Å²) < 4.78 is 255. The molecule has 0 heterocycles. The van der Waals surface area contributed by atoms with Gasteiger partial charge in [0.15, 0.2) is 0 Å². The van der Waals surface area contributed by atoms with E-state index in [2.05, 4.69) is 11.3 Å². The predicted octanol–water partition coefficient (Wildman–Crippen LogP) is 6.50. The minimum absolute atomic E-state index is 0.551. The number of halogens is 19. The summed E-state index contributed by atoms with van der Waals surface area (Å²) >= 11 is 0. The minimum Gasteiger partial charge on any atom is -0.460 e. The highest BCUT2D eigenvalue weighted by atomic mass is 19.4. The second-order valence-corrected chi connectivity index (χ2v) is 7.47. The summed E-state index contributed by atoms with van der Waals surface area (Å²) in [5, 5.41) is 9.10. The minimum atomic E-state index is -9.11. The van der Waals surface area contributed by atoms with E-state index in [0.29, 0.717) is 0 Å². The molecule has 0 fully saturated rings. The van der Waals surface area contributed by atoms with Crippen LogP contribution in [0.15, 0.2) is 12.2 Å². The number of hydrogen-bond acceptors (Lipinski definition) is 3. The number of alkyl halides is 19. The third-order valence-corrected chi connectivity index (χ3v) is 4.50. The summed E-state index contributed by atoms with van der Waals surface area (Å²) in [5.41, 5.74) is -9.36. The summed E-state index contributed by atoms with van der Waals surface area (Å²) in [6.07, 6.45) is -23.2. The van der Waals surface area contributed by atoms with E-state index in [1.807, 2.05) is 0 Å². The van der Waals surface area contributed by atoms with Gasteiger partial charge in [-0.1, -0.05) is 6.58 Å². The van der Waals surface area contributed by atoms with Crippen molar-refractivity contribution in [2.45, 2.75) is 73.0 Å². The second-order valence-electron chi connectivity index (χ2n) is 7.47. The lowest BCUT2D eigenvalue weighted by atomic mass is 9.83. The van der Waals surface area contributed by atoms with E-state index in [0.717, 1.165) is 6.92 Å². The summed E-state index contributed by atoms with van der Waals surface area (Å²) in [6.45, 7) is 1.94. The van der Waals surface area contributed by atoms with Crippen molar-refractivity contribution in [3.05, 3.63) is 12.2 Å². The van der Waals surface area contributed by atoms with Crippen molar-refractivity contribution >= 4 is 5.97 Å². The first-order valence-corrected chi connectivity index (χ1v) is 8.82. The summed E-state index contributed by atoms with van der Waals surface area (Å²) in [4.78, 5) is 11.0. The Labute approximate surface area is 197 Å². The molecule has 0 aromatic rings. The fourth-order valence-corrected chi connectivity index (χ4v) is 2.33. The molecule has 0 aliphatic heterocycles. The Hall–Kier alpha value is -2.16. The van der Waals surface area contributed by atoms with E-state index in [1.54, 1.807) is 0 Å². The van der Waals surface area contributed by atoms with Crippen LogP contribution in [-0.4, -0.2) is 77.3 Å². The SMILES string of the molecule is C=C(C)C(=O)OC[C@@H](O)CC(F)(F)C(F)(F)C(F)(F)C(F)(F)C(F)(F)C(F)(F)C(F)(C(F)(F)F)C(F)(F)F. The highest BCUT2D eigenvalue weighted by Crippen LogP contribution is 2.66. The van der Waals surface area contributed by atoms with Crippen LogP contribution < -0.4 is 0 Å². The predicted molar refractivity (Wildman–Crippen MR) is 82.0 cm³/mol. The van der Waals surface area contributed by atoms with Crippen molar-refractivity contribution in [2.24, 2.45) is 0 Å². The molecule has 22 heteroatoms. The zero-order chi connectivity index (χ0) is 31.4. The second kappa shape index (κ2) is 9.79. The van der Waals surface area contributed by atoms with Crippen LogP contribution in [0.3, 0.4) is 0 Å². The molecule has 0 unspecified atom stereocenters. The molecule has 1 atom stereocenters. The maximum absolute atomic E-state index is 13.7. The number of aliphatic hydroxyl groups excluding tert-OH is 1. The van der Waals surface area contributed by atoms with E-state index >= 15 is 0 Å². The Bertz CT molecular complexity index is 871. The first kappa shape index (κ1) is 35.8. The molecule has 226 valence electrons. The Morgan fingerprint density at radius 2 is 0.974 bits per heavy atom. The number of rotatable bonds is 11. The summed E-state index contributed by atoms with van der Waals surface area (Å²) in [5.74, 6) is -52.4. The van der Waals surface area contributed by atoms with Crippen LogP contribution in [-0.2, 0) is 9.53 Å². The standard InChI is InChI=1S/C16H11F19O3/c1-5(2)7(37)38-4-6(36)3-8(17,18)10(20,21)12(24,25)14(28,29)13(26,27)11(22,23)9(19,15(30,31)32)16(33,34)35/h6,36H,1,3-4H2,2H3/t6-/m0/s1. The summed E-state index contributed by atoms with van der Waals surface area (Å²) in [7, 11) is 0. The fraction of sp³-hybridized carbons (Fsp3) is 0.812. The van der Waals surface area contributed by atoms with Gasteiger partial charge >= 0.3 is 59.5 Å². The largest absolute Gasteiger partial charge is 0.460 e. The van der Waals surface area contributed by atoms with Gasteiger partial charge < -0.3 is 9.84 Å². The third-order valence-electron chi connectivity index (χ3n) is 4.50. The molecule has 0 aromatic carbocycles. The first-order chi connectivity index (χ1) is 16.2. The first-order valence-electron chi connectivity index (χ1n) is 8.82. The van der Waals surface area contributed by atoms with Crippen LogP contribution >= 0.6 is 0 Å². The molecule has 0 rings (SSSR count). The molecule has 0 radical (unpaired) electrons. The zero-order valence-corrected chi connectivity index (χ0v) is 17.6. The molecule has 0 amide bonds. The van der Waals surface area contributed by atoms with Crippen LogP contribution in [0.2, 0.25) is 0 Å². The number of aliphatic hydroxyl groups is 1. The Balaban J connectivity index is 6.69. The van der Waals surface area contributed by atoms with Crippen LogP contribution in [0.4, 0.5) is 83.4 Å². The van der Waals surface area contributed by atoms with Gasteiger partial charge in [-0.25, -0.2) is 9.18 Å². The Morgan fingerprint density at radius 1 is 0.658 bits per heavy atom. The van der Waals surface area contributed by atoms with Crippen molar-refractivity contribution in [1.82, 2.24) is 0 Å². The lowest BCUT2D eigenvalue weighted by molar-refractivity contribution is -0.472. The number of esters is 1. The van der Waals surface area contributed by atoms with Gasteiger partial charge in [0.1, 0.15) is 6.61 Å². The van der Waals surface area contributed by atoms with Crippen LogP contribution in [0.25, 0.3) is 0 Å². The maximum atomic E-state index is 13.7. The molecule has 38 heavy (non-hydrogen) atoms. The van der Waals surface area contributed by atoms with E-state index in [-0.39, 0.29) is 0 Å². The van der Waals surface area contributed by atoms with Crippen LogP contribution in [0.1, 0.15) is 13.3 Å². The topological polar surface area (TPSA) is 46.5 Å². The van der Waals surface area contributed by atoms with Crippen molar-refractivity contribution in [2.75, 3.05) is 6.61 Å². The molecule has 0 aromatic heterocycles. The molecular weight excluding hydrogens is 601 g/mol. The highest BCUT2D eigenvalue weighted by Gasteiger charge is 2.98. The third kappa shape index (κ3) is 5.19. The number of hydrogen-bond donors (Lipinski definition) is 1. The molecule has 3 nitrogen and oxygen atoms in total. The molecule has 0 aliphatic carbocycles. The van der Waals surface area contributed by atoms with Crippen molar-refractivity contribution in [3.63, 3.8) is 0 Å². The van der Waals surface area contributed by atoms with Gasteiger partial charge in [-0.05, 0) is 6.92 Å². The van der Waals surface area contributed by atoms with E-state index in [4.69, 9.17) is 5.11 Å². The Morgan fingerprint density at radius 3 is 1.29 bits per heavy atom. The van der Waals surface area contributed by atoms with Gasteiger partial charge in [-0.15, -0.1) is 0 Å². The van der Waals surface area contributed by atoms with Gasteiger partial charge in [0.05, 0.1) is 6.10 Å². The van der Waals surface area contributed by atoms with E-state index in [9.17, 15) is 88.2 Å². The van der Waals surface area contributed by atoms with E-state index in [1.165, 1.54) is 0 Å². The average Bonchev–Trinajstić information content (AvgIpc) is 2.68. The molecular formula is C16H11F19O3. The lowest BCUT2D eigenvalue weighted by Crippen LogP contribution is -2.77. The monoisotopic (exact) mass is 612 g/mol. The van der Waals surface area contributed by atoms with Gasteiger partial charge in [-0.3, -0.25) is 0 Å². The number of carbonyl (C=O) groups excluding carboxylic acids is 1. The molecule has 1 N–H and O–H groups in total. The normalized spacial score (nSPS) is 16.3. The van der Waals surface area contributed by atoms with Crippen LogP contribution in [0, 0.1) is 0 Å². The van der Waals surface area contributed by atoms with Gasteiger partial charge in [0.2, 0.25) is 0 Å². The van der Waals surface area contributed by atoms with Crippen molar-refractivity contribution in [3.8, 4) is 0 Å². The zero-order valence-electron chi connectivity index (χ0n) is 17.6. The summed E-state index contributed by atoms with van der Waals surface area (Å²) in [6, 6.07) is 0. The molecule has 0 aliphatic rings. The van der Waals surface area contributed by atoms with E-state index < -0.39 is 84.2 Å². The van der Waals surface area contributed by atoms with Gasteiger partial charge in [0.25, 0.3) is 0 Å². The molecule has 0 spiro atoms. The molecule has 0 bridgehead atoms. The maximum Gasteiger partial charge on any atom is 0.438 e. The van der Waals surface area contributed by atoms with Gasteiger partial charge in [-0.2, -0.15) is 79.0 Å². The molecule has 0 saturated heterocycles. The number of ether oxygens (including phenoxy) is 1. The van der Waals surface area contributed by atoms with Crippen LogP contribution in [0.5, 0.6) is 0 Å². The Kier molecular flexibility index (Phi) is 9.23. The quantitative estimate of drug-likeness (QED) is 0.165. The smallest absolute Gasteiger partial charge is 0.438 e. The van der Waals surface area contributed by atoms with Crippen molar-refractivity contribution < 1.29 is 98.1 Å². The molecule has 0 saturated carbocycles. The average molecular weight is 612 g/mol. The lowest BCUT2D eigenvalue weighted by Gasteiger charge is -2.45. The van der Waals surface area contributed by atoms with Crippen molar-refractivity contribution in [1.29, 1.82) is 0 Å². The number of carbonyl (C=O) groups is 1. The highest BCUT2D eigenvalue weighted by molar-refractivity contribution is 5.86. The van der Waals surface area contributed by atoms with Gasteiger partial charge in [0, 0.05) is 12.0 Å². The fourth-order valence-electron chi connectivity index (χ4n) is 2.33.